The SMILES string of the molecule is C1=Cc2ccccc2[C-]=[N+]=1.[H+]. The molecule has 0 atom stereocenters. The molecule has 1 aliphatic heterocycles. The summed E-state index contributed by atoms with van der Waals surface area (Å²) >= 11 is 0. The van der Waals surface area contributed by atoms with Gasteiger partial charge in [-0.25, -0.2) is 0 Å². The van der Waals surface area contributed by atoms with E-state index in [2.05, 4.69) is 16.8 Å². The summed E-state index contributed by atoms with van der Waals surface area (Å²) in [6, 6.07) is 7.96. The average Bonchev–Trinajstić information content (AvgIpc) is 2.05. The molecule has 0 unspecified atom stereocenters. The van der Waals surface area contributed by atoms with Crippen molar-refractivity contribution in [3.8, 4) is 0 Å². The highest BCUT2D eigenvalue weighted by Crippen LogP contribution is 2.06. The number of hydrogen-bond donors (Lipinski definition) is 0. The third kappa shape index (κ3) is 0.708. The van der Waals surface area contributed by atoms with Crippen LogP contribution < -0.4 is 4.67 Å². The zero-order chi connectivity index (χ0) is 6.81. The number of fused-ring (bicyclic) bond motifs is 1. The highest BCUT2D eigenvalue weighted by atomic mass is 14.5. The fourth-order valence-electron chi connectivity index (χ4n) is 0.919. The van der Waals surface area contributed by atoms with E-state index in [0.717, 1.165) is 11.1 Å². The van der Waals surface area contributed by atoms with Crippen LogP contribution in [0.3, 0.4) is 0 Å². The van der Waals surface area contributed by atoms with Crippen LogP contribution in [-0.2, 0) is 0 Å². The highest BCUT2D eigenvalue weighted by molar-refractivity contribution is 5.94. The predicted molar refractivity (Wildman–Crippen MR) is 43.3 cm³/mol. The summed E-state index contributed by atoms with van der Waals surface area (Å²) in [7, 11) is 0. The first kappa shape index (κ1) is 5.25. The van der Waals surface area contributed by atoms with Crippen molar-refractivity contribution in [1.82, 2.24) is 4.67 Å². The summed E-state index contributed by atoms with van der Waals surface area (Å²) in [6.45, 7) is 0. The van der Waals surface area contributed by atoms with Gasteiger partial charge in [-0.05, 0) is 6.08 Å². The third-order valence-electron chi connectivity index (χ3n) is 1.42. The number of rotatable bonds is 0. The van der Waals surface area contributed by atoms with Crippen molar-refractivity contribution < 1.29 is 1.43 Å². The molecule has 0 spiro atoms. The first-order valence-electron chi connectivity index (χ1n) is 3.10. The normalized spacial score (nSPS) is 11.6. The molecule has 1 nitrogen and oxygen atoms in total. The molecule has 0 amide bonds. The molecule has 1 heterocycles. The Balaban J connectivity index is 0.000000605. The van der Waals surface area contributed by atoms with Gasteiger partial charge in [0, 0.05) is 0 Å². The molecule has 1 heteroatoms. The first-order valence-corrected chi connectivity index (χ1v) is 3.10. The Hall–Kier alpha value is -1.55. The van der Waals surface area contributed by atoms with Gasteiger partial charge < -0.3 is 0 Å². The Labute approximate surface area is 60.6 Å². The first-order chi connectivity index (χ1) is 4.97. The molecule has 0 saturated heterocycles. The average molecular weight is 128 g/mol. The lowest BCUT2D eigenvalue weighted by Crippen LogP contribution is -1.92. The predicted octanol–water partition coefficient (Wildman–Crippen LogP) is 0.859. The van der Waals surface area contributed by atoms with Crippen molar-refractivity contribution in [1.29, 1.82) is 0 Å². The van der Waals surface area contributed by atoms with Crippen LogP contribution in [0.15, 0.2) is 24.3 Å². The van der Waals surface area contributed by atoms with Gasteiger partial charge in [0.25, 0.3) is 0 Å². The maximum absolute atomic E-state index is 3.76. The van der Waals surface area contributed by atoms with Crippen LogP contribution in [0.25, 0.3) is 6.08 Å². The van der Waals surface area contributed by atoms with Gasteiger partial charge in [-0.2, -0.15) is 0 Å². The summed E-state index contributed by atoms with van der Waals surface area (Å²) in [5, 5.41) is 0. The molecule has 1 aromatic carbocycles. The Morgan fingerprint density at radius 3 is 3.20 bits per heavy atom. The second-order valence-electron chi connectivity index (χ2n) is 2.08. The van der Waals surface area contributed by atoms with E-state index in [1.807, 2.05) is 30.3 Å². The topological polar surface area (TPSA) is 14.1 Å². The minimum atomic E-state index is 0. The monoisotopic (exact) mass is 128 g/mol. The van der Waals surface area contributed by atoms with E-state index in [1.54, 1.807) is 0 Å². The van der Waals surface area contributed by atoms with Gasteiger partial charge in [0.1, 0.15) is 0 Å². The van der Waals surface area contributed by atoms with Gasteiger partial charge in [0.15, 0.2) is 5.87 Å². The fourth-order valence-corrected chi connectivity index (χ4v) is 0.919. The van der Waals surface area contributed by atoms with E-state index in [1.165, 1.54) is 0 Å². The van der Waals surface area contributed by atoms with Crippen molar-refractivity contribution in [2.45, 2.75) is 0 Å². The maximum atomic E-state index is 3.76. The molecule has 1 aliphatic rings. The van der Waals surface area contributed by atoms with Crippen molar-refractivity contribution in [2.75, 3.05) is 0 Å². The second kappa shape index (κ2) is 2.00. The molecule has 0 bridgehead atoms. The number of nitrogens with zero attached hydrogens (tertiary/aromatic N) is 1. The van der Waals surface area contributed by atoms with Crippen LogP contribution in [0.5, 0.6) is 0 Å². The van der Waals surface area contributed by atoms with Gasteiger partial charge in [0.05, 0.1) is 0 Å². The zero-order valence-electron chi connectivity index (χ0n) is 6.33. The van der Waals surface area contributed by atoms with Gasteiger partial charge >= 0.3 is 7.64 Å². The van der Waals surface area contributed by atoms with E-state index in [0.29, 0.717) is 0 Å². The van der Waals surface area contributed by atoms with Gasteiger partial charge in [-0.1, -0.05) is 23.3 Å². The van der Waals surface area contributed by atoms with Gasteiger partial charge in [0.2, 0.25) is 0 Å². The lowest BCUT2D eigenvalue weighted by molar-refractivity contribution is 1.59. The van der Waals surface area contributed by atoms with Crippen molar-refractivity contribution in [3.05, 3.63) is 35.4 Å². The van der Waals surface area contributed by atoms with Crippen molar-refractivity contribution in [3.63, 3.8) is 0 Å². The Morgan fingerprint density at radius 2 is 2.30 bits per heavy atom. The summed E-state index contributed by atoms with van der Waals surface area (Å²) in [5.74, 6) is 2.73. The van der Waals surface area contributed by atoms with Crippen LogP contribution in [0.1, 0.15) is 12.6 Å². The van der Waals surface area contributed by atoms with Crippen LogP contribution >= 0.6 is 0 Å². The fraction of sp³-hybridized carbons (Fsp3) is 0. The Bertz CT molecular complexity index is 321. The molecule has 0 N–H and O–H groups in total. The molecular weight excluding hydrogens is 122 g/mol. The largest absolute Gasteiger partial charge is 1.00 e. The van der Waals surface area contributed by atoms with Crippen molar-refractivity contribution >= 4 is 18.2 Å². The molecular formula is C9H6N+. The van der Waals surface area contributed by atoms with Crippen molar-refractivity contribution in [2.24, 2.45) is 0 Å². The van der Waals surface area contributed by atoms with E-state index in [4.69, 9.17) is 0 Å². The summed E-state index contributed by atoms with van der Waals surface area (Å²) < 4.78 is 3.76. The number of benzene rings is 1. The van der Waals surface area contributed by atoms with Crippen LogP contribution in [0.4, 0.5) is 0 Å². The molecule has 0 fully saturated rings. The molecule has 1 aromatic rings. The minimum absolute atomic E-state index is 0. The molecule has 0 aliphatic carbocycles. The van der Waals surface area contributed by atoms with Crippen LogP contribution in [-0.4, -0.2) is 12.1 Å². The Kier molecular flexibility index (Phi) is 1.05. The zero-order valence-corrected chi connectivity index (χ0v) is 5.33. The molecule has 10 heavy (non-hydrogen) atoms. The van der Waals surface area contributed by atoms with E-state index in [9.17, 15) is 0 Å². The molecule has 0 saturated carbocycles. The van der Waals surface area contributed by atoms with E-state index >= 15 is 0 Å². The number of hydrogen-bond acceptors (Lipinski definition) is 0. The van der Waals surface area contributed by atoms with Gasteiger partial charge in [-0.3, -0.25) is 0 Å². The summed E-state index contributed by atoms with van der Waals surface area (Å²) in [4.78, 5) is 0. The molecule has 0 aromatic heterocycles. The summed E-state index contributed by atoms with van der Waals surface area (Å²) in [5.41, 5.74) is 2.18. The molecule has 46 valence electrons. The molecule has 0 radical (unpaired) electrons. The lowest BCUT2D eigenvalue weighted by Gasteiger charge is -1.99. The highest BCUT2D eigenvalue weighted by Gasteiger charge is 1.94. The van der Waals surface area contributed by atoms with E-state index in [-0.39, 0.29) is 1.43 Å². The van der Waals surface area contributed by atoms with Gasteiger partial charge in [-0.15, -0.1) is 16.8 Å². The maximum Gasteiger partial charge on any atom is 1.00 e. The second-order valence-corrected chi connectivity index (χ2v) is 2.08. The minimum Gasteiger partial charge on any atom is -0.136 e. The van der Waals surface area contributed by atoms with Crippen LogP contribution in [0.2, 0.25) is 0 Å². The lowest BCUT2D eigenvalue weighted by atomic mass is 10.1. The Morgan fingerprint density at radius 1 is 1.40 bits per heavy atom. The van der Waals surface area contributed by atoms with Crippen LogP contribution in [0, 0.1) is 0 Å². The quantitative estimate of drug-likeness (QED) is 0.369. The standard InChI is InChI=1S/C9H5N/c1-2-4-9-7-10-6-5-8(9)3-1/h1-5H/p+1. The van der Waals surface area contributed by atoms with E-state index < -0.39 is 0 Å². The smallest absolute Gasteiger partial charge is 0.136 e. The summed E-state index contributed by atoms with van der Waals surface area (Å²) in [6.07, 6.45) is 4.70. The third-order valence-corrected chi connectivity index (χ3v) is 1.42. The molecule has 2 rings (SSSR count).